The number of likely N-dealkylation sites (N-methyl/N-ethyl adjacent to an activating group) is 1. The van der Waals surface area contributed by atoms with Crippen LogP contribution in [0.4, 0.5) is 11.4 Å². The summed E-state index contributed by atoms with van der Waals surface area (Å²) >= 11 is 7.83. The fourth-order valence-electron chi connectivity index (χ4n) is 3.43. The van der Waals surface area contributed by atoms with Crippen molar-refractivity contribution in [1.29, 1.82) is 0 Å². The van der Waals surface area contributed by atoms with E-state index in [2.05, 4.69) is 34.2 Å². The van der Waals surface area contributed by atoms with Crippen molar-refractivity contribution in [2.24, 2.45) is 0 Å². The molecule has 3 aromatic rings. The molecule has 6 heteroatoms. The van der Waals surface area contributed by atoms with Gasteiger partial charge in [0.2, 0.25) is 0 Å². The Labute approximate surface area is 168 Å². The van der Waals surface area contributed by atoms with E-state index in [1.54, 1.807) is 0 Å². The summed E-state index contributed by atoms with van der Waals surface area (Å²) in [6, 6.07) is 15.9. The van der Waals surface area contributed by atoms with Crippen LogP contribution in [-0.2, 0) is 0 Å². The van der Waals surface area contributed by atoms with Gasteiger partial charge in [-0.2, -0.15) is 0 Å². The lowest BCUT2D eigenvalue weighted by Crippen LogP contribution is -2.46. The van der Waals surface area contributed by atoms with E-state index in [9.17, 15) is 4.79 Å². The topological polar surface area (TPSA) is 35.6 Å². The maximum atomic E-state index is 12.7. The first kappa shape index (κ1) is 18.3. The number of piperazine rings is 1. The maximum Gasteiger partial charge on any atom is 0.267 e. The lowest BCUT2D eigenvalue weighted by molar-refractivity contribution is 0.103. The largest absolute Gasteiger partial charge is 0.369 e. The van der Waals surface area contributed by atoms with Crippen LogP contribution in [0.25, 0.3) is 10.1 Å². The number of halogens is 1. The van der Waals surface area contributed by atoms with E-state index in [4.69, 9.17) is 11.6 Å². The number of hydrogen-bond acceptors (Lipinski definition) is 4. The van der Waals surface area contributed by atoms with Crippen LogP contribution in [0.15, 0.2) is 48.5 Å². The fourth-order valence-corrected chi connectivity index (χ4v) is 4.84. The normalized spacial score (nSPS) is 15.3. The Bertz CT molecular complexity index is 946. The Morgan fingerprint density at radius 1 is 1.07 bits per heavy atom. The van der Waals surface area contributed by atoms with Crippen LogP contribution in [0.1, 0.15) is 16.6 Å². The summed E-state index contributed by atoms with van der Waals surface area (Å²) < 4.78 is 1.02. The molecule has 0 bridgehead atoms. The van der Waals surface area contributed by atoms with E-state index < -0.39 is 0 Å². The Morgan fingerprint density at radius 3 is 2.44 bits per heavy atom. The molecule has 1 N–H and O–H groups in total. The zero-order valence-corrected chi connectivity index (χ0v) is 16.8. The molecule has 0 aliphatic carbocycles. The van der Waals surface area contributed by atoms with Gasteiger partial charge in [-0.1, -0.05) is 36.7 Å². The number of carbonyl (C=O) groups is 1. The lowest BCUT2D eigenvalue weighted by Gasteiger charge is -2.35. The van der Waals surface area contributed by atoms with Crippen LogP contribution >= 0.6 is 22.9 Å². The number of nitrogens with one attached hydrogen (secondary N) is 1. The lowest BCUT2D eigenvalue weighted by atomic mass is 10.2. The van der Waals surface area contributed by atoms with Gasteiger partial charge in [0.05, 0.1) is 5.02 Å². The van der Waals surface area contributed by atoms with E-state index in [0.29, 0.717) is 9.90 Å². The zero-order chi connectivity index (χ0) is 18.8. The standard InChI is InChI=1S/C21H22ClN3OS/c1-2-24-11-13-25(14-12-24)16-9-7-15(8-10-16)23-21(26)20-19(22)17-5-3-4-6-18(17)27-20/h3-10H,2,11-14H2,1H3,(H,23,26). The van der Waals surface area contributed by atoms with Crippen LogP contribution in [0.2, 0.25) is 5.02 Å². The number of benzene rings is 2. The zero-order valence-electron chi connectivity index (χ0n) is 15.2. The third-order valence-corrected chi connectivity index (χ3v) is 6.73. The predicted molar refractivity (Wildman–Crippen MR) is 116 cm³/mol. The summed E-state index contributed by atoms with van der Waals surface area (Å²) in [7, 11) is 0. The average molecular weight is 400 g/mol. The van der Waals surface area contributed by atoms with Crippen molar-refractivity contribution >= 4 is 50.3 Å². The third-order valence-electron chi connectivity index (χ3n) is 5.05. The van der Waals surface area contributed by atoms with Crippen LogP contribution in [0.5, 0.6) is 0 Å². The number of fused-ring (bicyclic) bond motifs is 1. The second kappa shape index (κ2) is 7.89. The molecule has 2 aromatic carbocycles. The summed E-state index contributed by atoms with van der Waals surface area (Å²) in [6.07, 6.45) is 0. The molecule has 1 aliphatic rings. The van der Waals surface area contributed by atoms with Crippen molar-refractivity contribution in [1.82, 2.24) is 4.90 Å². The van der Waals surface area contributed by atoms with Crippen molar-refractivity contribution in [2.45, 2.75) is 6.92 Å². The highest BCUT2D eigenvalue weighted by molar-refractivity contribution is 7.21. The van der Waals surface area contributed by atoms with Gasteiger partial charge in [0.15, 0.2) is 0 Å². The van der Waals surface area contributed by atoms with E-state index in [0.717, 1.165) is 48.5 Å². The molecule has 0 radical (unpaired) electrons. The minimum atomic E-state index is -0.162. The average Bonchev–Trinajstić information content (AvgIpc) is 3.06. The number of rotatable bonds is 4. The molecule has 1 amide bonds. The van der Waals surface area contributed by atoms with E-state index in [1.807, 2.05) is 36.4 Å². The van der Waals surface area contributed by atoms with E-state index in [-0.39, 0.29) is 5.91 Å². The Kier molecular flexibility index (Phi) is 5.34. The second-order valence-corrected chi connectivity index (χ2v) is 8.09. The van der Waals surface area contributed by atoms with Gasteiger partial charge >= 0.3 is 0 Å². The molecule has 4 rings (SSSR count). The Balaban J connectivity index is 1.45. The summed E-state index contributed by atoms with van der Waals surface area (Å²) in [5, 5.41) is 4.42. The summed E-state index contributed by atoms with van der Waals surface area (Å²) in [5.41, 5.74) is 1.98. The van der Waals surface area contributed by atoms with Crippen molar-refractivity contribution in [3.8, 4) is 0 Å². The van der Waals surface area contributed by atoms with Crippen LogP contribution in [0.3, 0.4) is 0 Å². The molecular weight excluding hydrogens is 378 g/mol. The highest BCUT2D eigenvalue weighted by Crippen LogP contribution is 2.35. The number of anilines is 2. The molecule has 0 atom stereocenters. The number of amides is 1. The summed E-state index contributed by atoms with van der Waals surface area (Å²) in [4.78, 5) is 18.1. The molecule has 0 spiro atoms. The molecule has 1 fully saturated rings. The van der Waals surface area contributed by atoms with Gasteiger partial charge in [-0.25, -0.2) is 0 Å². The molecule has 27 heavy (non-hydrogen) atoms. The van der Waals surface area contributed by atoms with Crippen LogP contribution in [0, 0.1) is 0 Å². The van der Waals surface area contributed by atoms with Crippen molar-refractivity contribution in [2.75, 3.05) is 42.9 Å². The first-order valence-corrected chi connectivity index (χ1v) is 10.4. The minimum Gasteiger partial charge on any atom is -0.369 e. The molecule has 2 heterocycles. The molecule has 1 aromatic heterocycles. The van der Waals surface area contributed by atoms with E-state index in [1.165, 1.54) is 17.0 Å². The molecule has 140 valence electrons. The molecular formula is C21H22ClN3OS. The van der Waals surface area contributed by atoms with Crippen molar-refractivity contribution in [3.05, 3.63) is 58.4 Å². The van der Waals surface area contributed by atoms with Gasteiger partial charge < -0.3 is 15.1 Å². The quantitative estimate of drug-likeness (QED) is 0.674. The molecule has 1 saturated heterocycles. The molecule has 4 nitrogen and oxygen atoms in total. The molecule has 1 aliphatic heterocycles. The monoisotopic (exact) mass is 399 g/mol. The smallest absolute Gasteiger partial charge is 0.267 e. The van der Waals surface area contributed by atoms with Gasteiger partial charge in [-0.15, -0.1) is 11.3 Å². The second-order valence-electron chi connectivity index (χ2n) is 6.66. The fraction of sp³-hybridized carbons (Fsp3) is 0.286. The molecule has 0 unspecified atom stereocenters. The highest BCUT2D eigenvalue weighted by Gasteiger charge is 2.18. The van der Waals surface area contributed by atoms with Crippen molar-refractivity contribution < 1.29 is 4.79 Å². The first-order valence-electron chi connectivity index (χ1n) is 9.21. The Morgan fingerprint density at radius 2 is 1.78 bits per heavy atom. The summed E-state index contributed by atoms with van der Waals surface area (Å²) in [6.45, 7) is 7.59. The number of nitrogens with zero attached hydrogens (tertiary/aromatic N) is 2. The Hall–Kier alpha value is -2.08. The van der Waals surface area contributed by atoms with Crippen LogP contribution < -0.4 is 10.2 Å². The third kappa shape index (κ3) is 3.81. The number of hydrogen-bond donors (Lipinski definition) is 1. The molecule has 0 saturated carbocycles. The SMILES string of the molecule is CCN1CCN(c2ccc(NC(=O)c3sc4ccccc4c3Cl)cc2)CC1. The maximum absolute atomic E-state index is 12.7. The summed E-state index contributed by atoms with van der Waals surface area (Å²) in [5.74, 6) is -0.162. The van der Waals surface area contributed by atoms with Gasteiger partial charge in [0.25, 0.3) is 5.91 Å². The minimum absolute atomic E-state index is 0.162. The van der Waals surface area contributed by atoms with Gasteiger partial charge in [-0.3, -0.25) is 4.79 Å². The predicted octanol–water partition coefficient (Wildman–Crippen LogP) is 4.95. The van der Waals surface area contributed by atoms with Gasteiger partial charge in [0.1, 0.15) is 4.88 Å². The first-order chi connectivity index (χ1) is 13.2. The number of thiophene rings is 1. The van der Waals surface area contributed by atoms with Crippen LogP contribution in [-0.4, -0.2) is 43.5 Å². The highest BCUT2D eigenvalue weighted by atomic mass is 35.5. The van der Waals surface area contributed by atoms with Gasteiger partial charge in [0, 0.05) is 47.6 Å². The van der Waals surface area contributed by atoms with Crippen molar-refractivity contribution in [3.63, 3.8) is 0 Å². The van der Waals surface area contributed by atoms with Gasteiger partial charge in [-0.05, 0) is 36.9 Å². The van der Waals surface area contributed by atoms with E-state index >= 15 is 0 Å². The number of carbonyl (C=O) groups excluding carboxylic acids is 1.